The van der Waals surface area contributed by atoms with Crippen LogP contribution < -0.4 is 4.74 Å². The van der Waals surface area contributed by atoms with E-state index in [-0.39, 0.29) is 24.4 Å². The third-order valence-electron chi connectivity index (χ3n) is 6.00. The number of rotatable bonds is 8. The van der Waals surface area contributed by atoms with Gasteiger partial charge in [-0.2, -0.15) is 0 Å². The second kappa shape index (κ2) is 10.8. The standard InChI is InChI=1S/C25H31ClO5/c1-27-15-23-13-22(28-2)14-25(31-23)18-5-8-24(26)19(12-18)11-17-3-6-20(7-4-17)30-21-9-10-29-16-21/h3-8,12,21-23,25H,9-11,13-16H2,1-2H3/t21-,22-,23-,25+/m0/s1. The molecule has 0 bridgehead atoms. The molecule has 2 aliphatic heterocycles. The first-order valence-corrected chi connectivity index (χ1v) is 11.3. The van der Waals surface area contributed by atoms with E-state index in [2.05, 4.69) is 24.3 Å². The van der Waals surface area contributed by atoms with E-state index >= 15 is 0 Å². The zero-order valence-electron chi connectivity index (χ0n) is 18.2. The van der Waals surface area contributed by atoms with Crippen LogP contribution in [0, 0.1) is 0 Å². The molecule has 0 radical (unpaired) electrons. The lowest BCUT2D eigenvalue weighted by atomic mass is 9.94. The zero-order valence-corrected chi connectivity index (χ0v) is 19.0. The molecule has 0 amide bonds. The lowest BCUT2D eigenvalue weighted by Crippen LogP contribution is -2.35. The molecule has 0 saturated carbocycles. The van der Waals surface area contributed by atoms with Gasteiger partial charge in [0.25, 0.3) is 0 Å². The topological polar surface area (TPSA) is 46.2 Å². The summed E-state index contributed by atoms with van der Waals surface area (Å²) in [5.41, 5.74) is 3.40. The largest absolute Gasteiger partial charge is 0.488 e. The molecular weight excluding hydrogens is 416 g/mol. The monoisotopic (exact) mass is 446 g/mol. The molecule has 168 valence electrons. The number of methoxy groups -OCH3 is 2. The zero-order chi connectivity index (χ0) is 21.6. The highest BCUT2D eigenvalue weighted by Gasteiger charge is 2.30. The van der Waals surface area contributed by atoms with E-state index < -0.39 is 0 Å². The number of benzene rings is 2. The first kappa shape index (κ1) is 22.6. The molecule has 0 aromatic heterocycles. The molecule has 2 aliphatic rings. The van der Waals surface area contributed by atoms with Crippen LogP contribution in [-0.4, -0.2) is 52.4 Å². The maximum Gasteiger partial charge on any atom is 0.124 e. The smallest absolute Gasteiger partial charge is 0.124 e. The van der Waals surface area contributed by atoms with E-state index in [1.165, 1.54) is 5.56 Å². The van der Waals surface area contributed by atoms with Gasteiger partial charge in [-0.15, -0.1) is 0 Å². The molecule has 2 aromatic rings. The van der Waals surface area contributed by atoms with Crippen LogP contribution in [0.3, 0.4) is 0 Å². The van der Waals surface area contributed by atoms with Crippen LogP contribution in [0.1, 0.15) is 42.1 Å². The Bertz CT molecular complexity index is 834. The summed E-state index contributed by atoms with van der Waals surface area (Å²) >= 11 is 6.54. The summed E-state index contributed by atoms with van der Waals surface area (Å²) in [4.78, 5) is 0. The van der Waals surface area contributed by atoms with Crippen LogP contribution in [0.25, 0.3) is 0 Å². The summed E-state index contributed by atoms with van der Waals surface area (Å²) in [5.74, 6) is 0.879. The number of ether oxygens (including phenoxy) is 5. The molecular formula is C25H31ClO5. The average molecular weight is 447 g/mol. The van der Waals surface area contributed by atoms with Gasteiger partial charge in [-0.05, 0) is 41.3 Å². The maximum absolute atomic E-state index is 6.54. The Labute approximate surface area is 189 Å². The third-order valence-corrected chi connectivity index (χ3v) is 6.36. The molecule has 2 saturated heterocycles. The summed E-state index contributed by atoms with van der Waals surface area (Å²) < 4.78 is 28.6. The Hall–Kier alpha value is -1.63. The molecule has 5 nitrogen and oxygen atoms in total. The van der Waals surface area contributed by atoms with Gasteiger partial charge in [0.1, 0.15) is 11.9 Å². The minimum absolute atomic E-state index is 0.0285. The van der Waals surface area contributed by atoms with E-state index in [0.717, 1.165) is 54.2 Å². The normalized spacial score (nSPS) is 26.2. The molecule has 31 heavy (non-hydrogen) atoms. The van der Waals surface area contributed by atoms with Crippen LogP contribution in [0.4, 0.5) is 0 Å². The van der Waals surface area contributed by atoms with Crippen molar-refractivity contribution in [1.82, 2.24) is 0 Å². The fourth-order valence-electron chi connectivity index (χ4n) is 4.31. The van der Waals surface area contributed by atoms with Crippen molar-refractivity contribution in [2.45, 2.75) is 50.1 Å². The Morgan fingerprint density at radius 3 is 2.58 bits per heavy atom. The lowest BCUT2D eigenvalue weighted by Gasteiger charge is -2.35. The molecule has 4 rings (SSSR count). The van der Waals surface area contributed by atoms with Gasteiger partial charge in [0.05, 0.1) is 38.1 Å². The number of halogens is 1. The Morgan fingerprint density at radius 1 is 1.03 bits per heavy atom. The molecule has 0 N–H and O–H groups in total. The van der Waals surface area contributed by atoms with Crippen LogP contribution in [0.15, 0.2) is 42.5 Å². The first-order valence-electron chi connectivity index (χ1n) is 10.9. The van der Waals surface area contributed by atoms with Gasteiger partial charge in [-0.3, -0.25) is 0 Å². The van der Waals surface area contributed by atoms with Crippen molar-refractivity contribution in [3.8, 4) is 5.75 Å². The highest BCUT2D eigenvalue weighted by Crippen LogP contribution is 2.35. The van der Waals surface area contributed by atoms with Gasteiger partial charge in [0.2, 0.25) is 0 Å². The SMILES string of the molecule is COC[C@@H]1C[C@H](OC)C[C@H](c2ccc(Cl)c(Cc3ccc(O[C@H]4CCOC4)cc3)c2)O1. The van der Waals surface area contributed by atoms with E-state index in [9.17, 15) is 0 Å². The van der Waals surface area contributed by atoms with Crippen LogP contribution in [-0.2, 0) is 25.4 Å². The lowest BCUT2D eigenvalue weighted by molar-refractivity contribution is -0.126. The summed E-state index contributed by atoms with van der Waals surface area (Å²) in [6.45, 7) is 2.01. The minimum atomic E-state index is -0.0285. The average Bonchev–Trinajstić information content (AvgIpc) is 3.29. The predicted molar refractivity (Wildman–Crippen MR) is 120 cm³/mol. The van der Waals surface area contributed by atoms with Crippen molar-refractivity contribution in [2.75, 3.05) is 34.0 Å². The Balaban J connectivity index is 1.45. The van der Waals surface area contributed by atoms with Crippen molar-refractivity contribution in [3.05, 3.63) is 64.2 Å². The van der Waals surface area contributed by atoms with Crippen molar-refractivity contribution < 1.29 is 23.7 Å². The highest BCUT2D eigenvalue weighted by molar-refractivity contribution is 6.31. The van der Waals surface area contributed by atoms with Crippen molar-refractivity contribution in [3.63, 3.8) is 0 Å². The van der Waals surface area contributed by atoms with Crippen molar-refractivity contribution >= 4 is 11.6 Å². The number of hydrogen-bond acceptors (Lipinski definition) is 5. The van der Waals surface area contributed by atoms with Gasteiger partial charge in [-0.1, -0.05) is 35.9 Å². The molecule has 4 atom stereocenters. The first-order chi connectivity index (χ1) is 15.1. The molecule has 0 aliphatic carbocycles. The van der Waals surface area contributed by atoms with Crippen LogP contribution in [0.5, 0.6) is 5.75 Å². The molecule has 0 unspecified atom stereocenters. The highest BCUT2D eigenvalue weighted by atomic mass is 35.5. The third kappa shape index (κ3) is 5.99. The molecule has 6 heteroatoms. The van der Waals surface area contributed by atoms with Crippen molar-refractivity contribution in [2.24, 2.45) is 0 Å². The fourth-order valence-corrected chi connectivity index (χ4v) is 4.49. The predicted octanol–water partition coefficient (Wildman–Crippen LogP) is 4.98. The molecule has 2 aromatic carbocycles. The molecule has 2 heterocycles. The van der Waals surface area contributed by atoms with Gasteiger partial charge >= 0.3 is 0 Å². The molecule has 2 fully saturated rings. The van der Waals surface area contributed by atoms with Gasteiger partial charge in [0.15, 0.2) is 0 Å². The fraction of sp³-hybridized carbons (Fsp3) is 0.520. The van der Waals surface area contributed by atoms with E-state index in [1.807, 2.05) is 18.2 Å². The van der Waals surface area contributed by atoms with E-state index in [4.69, 9.17) is 35.3 Å². The molecule has 0 spiro atoms. The van der Waals surface area contributed by atoms with E-state index in [1.54, 1.807) is 14.2 Å². The van der Waals surface area contributed by atoms with Crippen LogP contribution >= 0.6 is 11.6 Å². The van der Waals surface area contributed by atoms with Crippen LogP contribution in [0.2, 0.25) is 5.02 Å². The van der Waals surface area contributed by atoms with Gasteiger partial charge < -0.3 is 23.7 Å². The van der Waals surface area contributed by atoms with Gasteiger partial charge in [-0.25, -0.2) is 0 Å². The summed E-state index contributed by atoms with van der Waals surface area (Å²) in [6.07, 6.45) is 3.70. The summed E-state index contributed by atoms with van der Waals surface area (Å²) in [5, 5.41) is 0.764. The summed E-state index contributed by atoms with van der Waals surface area (Å²) in [6, 6.07) is 14.4. The Kier molecular flexibility index (Phi) is 7.86. The summed E-state index contributed by atoms with van der Waals surface area (Å²) in [7, 11) is 3.46. The number of hydrogen-bond donors (Lipinski definition) is 0. The Morgan fingerprint density at radius 2 is 1.87 bits per heavy atom. The van der Waals surface area contributed by atoms with Crippen molar-refractivity contribution in [1.29, 1.82) is 0 Å². The maximum atomic E-state index is 6.54. The van der Waals surface area contributed by atoms with Gasteiger partial charge in [0, 0.05) is 38.5 Å². The second-order valence-corrected chi connectivity index (χ2v) is 8.71. The second-order valence-electron chi connectivity index (χ2n) is 8.31. The van der Waals surface area contributed by atoms with E-state index in [0.29, 0.717) is 13.2 Å². The minimum Gasteiger partial charge on any atom is -0.488 e. The quantitative estimate of drug-likeness (QED) is 0.572.